The third kappa shape index (κ3) is 5.08. The molecule has 1 heterocycles. The molecule has 2 atom stereocenters. The first-order valence-corrected chi connectivity index (χ1v) is 14.7. The Morgan fingerprint density at radius 2 is 1.53 bits per heavy atom. The second kappa shape index (κ2) is 10.6. The lowest BCUT2D eigenvalue weighted by Gasteiger charge is -2.44. The van der Waals surface area contributed by atoms with Gasteiger partial charge in [0.15, 0.2) is 0 Å². The van der Waals surface area contributed by atoms with E-state index in [4.69, 9.17) is 4.43 Å². The van der Waals surface area contributed by atoms with Gasteiger partial charge in [0.2, 0.25) is 0 Å². The maximum Gasteiger partial charge on any atom is 0.261 e. The van der Waals surface area contributed by atoms with Crippen LogP contribution in [0.3, 0.4) is 0 Å². The highest BCUT2D eigenvalue weighted by Gasteiger charge is 2.50. The van der Waals surface area contributed by atoms with Gasteiger partial charge in [-0.2, -0.15) is 0 Å². The Morgan fingerprint density at radius 3 is 1.97 bits per heavy atom. The normalized spacial score (nSPS) is 18.0. The first-order valence-electron chi connectivity index (χ1n) is 10.7. The summed E-state index contributed by atoms with van der Waals surface area (Å²) in [6, 6.07) is 21.2. The van der Waals surface area contributed by atoms with E-state index in [1.165, 1.54) is 16.8 Å². The van der Waals surface area contributed by atoms with Gasteiger partial charge in [0.05, 0.1) is 17.3 Å². The molecule has 0 unspecified atom stereocenters. The Balaban J connectivity index is 1.94. The molecule has 0 aromatic heterocycles. The maximum absolute atomic E-state index is 11.2. The SMILES string of the molecule is C=C[C@@H](C1SCCCS1)[C@H](O)CO[Si](c1ccccc1)(c1ccccc1)C(C)(C)C. The van der Waals surface area contributed by atoms with Crippen LogP contribution < -0.4 is 10.4 Å². The fraction of sp³-hybridized carbons (Fsp3) is 0.440. The molecule has 2 aromatic rings. The van der Waals surface area contributed by atoms with Crippen LogP contribution in [0.25, 0.3) is 0 Å². The van der Waals surface area contributed by atoms with Crippen molar-refractivity contribution in [1.29, 1.82) is 0 Å². The molecular formula is C25H34O2S2Si. The van der Waals surface area contributed by atoms with Crippen molar-refractivity contribution in [1.82, 2.24) is 0 Å². The van der Waals surface area contributed by atoms with E-state index in [1.807, 2.05) is 29.6 Å². The first-order chi connectivity index (χ1) is 14.4. The average molecular weight is 459 g/mol. The van der Waals surface area contributed by atoms with E-state index in [9.17, 15) is 5.11 Å². The molecule has 162 valence electrons. The predicted octanol–water partition coefficient (Wildman–Crippen LogP) is 4.92. The van der Waals surface area contributed by atoms with Crippen molar-refractivity contribution in [2.45, 2.75) is 42.9 Å². The minimum absolute atomic E-state index is 0.0264. The van der Waals surface area contributed by atoms with Crippen molar-refractivity contribution in [2.75, 3.05) is 18.1 Å². The summed E-state index contributed by atoms with van der Waals surface area (Å²) in [5.74, 6) is 2.34. The maximum atomic E-state index is 11.2. The van der Waals surface area contributed by atoms with Gasteiger partial charge >= 0.3 is 0 Å². The quantitative estimate of drug-likeness (QED) is 0.449. The van der Waals surface area contributed by atoms with Crippen LogP contribution in [0, 0.1) is 5.92 Å². The lowest BCUT2D eigenvalue weighted by molar-refractivity contribution is 0.0743. The molecule has 5 heteroatoms. The Bertz CT molecular complexity index is 746. The Labute approximate surface area is 191 Å². The number of aliphatic hydroxyl groups excluding tert-OH is 1. The zero-order valence-corrected chi connectivity index (χ0v) is 20.9. The van der Waals surface area contributed by atoms with Crippen LogP contribution in [0.5, 0.6) is 0 Å². The summed E-state index contributed by atoms with van der Waals surface area (Å²) in [7, 11) is -2.63. The zero-order valence-electron chi connectivity index (χ0n) is 18.3. The molecule has 1 saturated heterocycles. The molecule has 2 aromatic carbocycles. The second-order valence-electron chi connectivity index (χ2n) is 8.82. The third-order valence-corrected chi connectivity index (χ3v) is 13.9. The molecule has 1 aliphatic heterocycles. The van der Waals surface area contributed by atoms with Crippen LogP contribution in [0.2, 0.25) is 5.04 Å². The number of aliphatic hydroxyl groups is 1. The van der Waals surface area contributed by atoms with Gasteiger partial charge in [-0.1, -0.05) is 87.5 Å². The third-order valence-electron chi connectivity index (χ3n) is 5.77. The largest absolute Gasteiger partial charge is 0.405 e. The van der Waals surface area contributed by atoms with Gasteiger partial charge in [0, 0.05) is 5.92 Å². The zero-order chi connectivity index (χ0) is 21.6. The molecule has 0 saturated carbocycles. The summed E-state index contributed by atoms with van der Waals surface area (Å²) < 4.78 is 7.28. The molecule has 1 aliphatic rings. The van der Waals surface area contributed by atoms with Crippen molar-refractivity contribution in [3.05, 3.63) is 73.3 Å². The number of rotatable bonds is 8. The summed E-state index contributed by atoms with van der Waals surface area (Å²) in [6.45, 7) is 11.2. The Kier molecular flexibility index (Phi) is 8.33. The van der Waals surface area contributed by atoms with E-state index < -0.39 is 14.4 Å². The number of hydrogen-bond acceptors (Lipinski definition) is 4. The molecule has 0 amide bonds. The van der Waals surface area contributed by atoms with Gasteiger partial charge in [0.25, 0.3) is 8.32 Å². The van der Waals surface area contributed by atoms with Crippen LogP contribution in [-0.2, 0) is 4.43 Å². The van der Waals surface area contributed by atoms with Gasteiger partial charge in [-0.05, 0) is 33.3 Å². The fourth-order valence-corrected chi connectivity index (χ4v) is 12.1. The minimum atomic E-state index is -2.63. The molecule has 0 aliphatic carbocycles. The van der Waals surface area contributed by atoms with E-state index in [1.54, 1.807) is 0 Å². The van der Waals surface area contributed by atoms with E-state index >= 15 is 0 Å². The topological polar surface area (TPSA) is 29.5 Å². The highest BCUT2D eigenvalue weighted by Crippen LogP contribution is 2.40. The van der Waals surface area contributed by atoms with Gasteiger partial charge in [0.1, 0.15) is 0 Å². The monoisotopic (exact) mass is 458 g/mol. The van der Waals surface area contributed by atoms with Crippen LogP contribution in [0.4, 0.5) is 0 Å². The highest BCUT2D eigenvalue weighted by atomic mass is 32.2. The van der Waals surface area contributed by atoms with Crippen molar-refractivity contribution < 1.29 is 9.53 Å². The van der Waals surface area contributed by atoms with E-state index in [0.717, 1.165) is 11.5 Å². The van der Waals surface area contributed by atoms with Crippen LogP contribution >= 0.6 is 23.5 Å². The Morgan fingerprint density at radius 1 is 1.03 bits per heavy atom. The van der Waals surface area contributed by atoms with Gasteiger partial charge in [-0.25, -0.2) is 0 Å². The van der Waals surface area contributed by atoms with E-state index in [0.29, 0.717) is 11.2 Å². The van der Waals surface area contributed by atoms with Gasteiger partial charge < -0.3 is 9.53 Å². The van der Waals surface area contributed by atoms with Crippen molar-refractivity contribution >= 4 is 42.2 Å². The fourth-order valence-electron chi connectivity index (χ4n) is 4.26. The summed E-state index contributed by atoms with van der Waals surface area (Å²) >= 11 is 3.89. The molecule has 1 N–H and O–H groups in total. The van der Waals surface area contributed by atoms with Gasteiger partial charge in [-0.3, -0.25) is 0 Å². The first kappa shape index (κ1) is 23.7. The van der Waals surface area contributed by atoms with Crippen LogP contribution in [-0.4, -0.2) is 42.2 Å². The average Bonchev–Trinajstić information content (AvgIpc) is 2.76. The second-order valence-corrected chi connectivity index (χ2v) is 15.9. The molecule has 3 rings (SSSR count). The summed E-state index contributed by atoms with van der Waals surface area (Å²) in [6.07, 6.45) is 2.60. The predicted molar refractivity (Wildman–Crippen MR) is 137 cm³/mol. The van der Waals surface area contributed by atoms with Crippen molar-refractivity contribution in [3.8, 4) is 0 Å². The summed E-state index contributed by atoms with van der Waals surface area (Å²) in [5, 5.41) is 13.6. The molecule has 0 radical (unpaired) electrons. The molecule has 1 fully saturated rings. The summed E-state index contributed by atoms with van der Waals surface area (Å²) in [4.78, 5) is 0. The molecule has 2 nitrogen and oxygen atoms in total. The van der Waals surface area contributed by atoms with E-state index in [-0.39, 0.29) is 11.0 Å². The minimum Gasteiger partial charge on any atom is -0.405 e. The van der Waals surface area contributed by atoms with Crippen molar-refractivity contribution in [2.24, 2.45) is 5.92 Å². The van der Waals surface area contributed by atoms with Crippen LogP contribution in [0.15, 0.2) is 73.3 Å². The molecule has 30 heavy (non-hydrogen) atoms. The number of thioether (sulfide) groups is 2. The number of benzene rings is 2. The Hall–Kier alpha value is -0.983. The van der Waals surface area contributed by atoms with E-state index in [2.05, 4.69) is 88.0 Å². The molecule has 0 bridgehead atoms. The number of hydrogen-bond donors (Lipinski definition) is 1. The smallest absolute Gasteiger partial charge is 0.261 e. The van der Waals surface area contributed by atoms with Crippen molar-refractivity contribution in [3.63, 3.8) is 0 Å². The van der Waals surface area contributed by atoms with Crippen LogP contribution in [0.1, 0.15) is 27.2 Å². The lowest BCUT2D eigenvalue weighted by Crippen LogP contribution is -2.67. The molecular weight excluding hydrogens is 424 g/mol. The summed E-state index contributed by atoms with van der Waals surface area (Å²) in [5.41, 5.74) is 0. The standard InChI is InChI=1S/C25H34O2S2Si/c1-5-22(24-28-17-12-18-29-24)23(26)19-27-30(25(2,3)4,20-13-8-6-9-14-20)21-15-10-7-11-16-21/h5-11,13-16,22-24,26H,1,12,17-19H2,2-4H3/t22-,23-/m1/s1. The molecule has 0 spiro atoms. The highest BCUT2D eigenvalue weighted by molar-refractivity contribution is 8.17. The lowest BCUT2D eigenvalue weighted by atomic mass is 10.1. The van der Waals surface area contributed by atoms with Gasteiger partial charge in [-0.15, -0.1) is 30.1 Å².